The Morgan fingerprint density at radius 3 is 2.70 bits per heavy atom. The van der Waals surface area contributed by atoms with Gasteiger partial charge in [-0.15, -0.1) is 0 Å². The molecule has 4 rings (SSSR count). The fourth-order valence-electron chi connectivity index (χ4n) is 5.00. The van der Waals surface area contributed by atoms with Crippen LogP contribution in [-0.4, -0.2) is 40.1 Å². The van der Waals surface area contributed by atoms with E-state index in [1.54, 1.807) is 11.3 Å². The average Bonchev–Trinajstić information content (AvgIpc) is 3.16. The van der Waals surface area contributed by atoms with Crippen LogP contribution in [0.3, 0.4) is 0 Å². The smallest absolute Gasteiger partial charge is 0.141 e. The van der Waals surface area contributed by atoms with Crippen molar-refractivity contribution in [2.24, 2.45) is 22.7 Å². The van der Waals surface area contributed by atoms with Crippen molar-refractivity contribution in [1.82, 2.24) is 15.3 Å². The fourth-order valence-corrected chi connectivity index (χ4v) is 5.00. The highest BCUT2D eigenvalue weighted by Crippen LogP contribution is 2.39. The van der Waals surface area contributed by atoms with Crippen LogP contribution >= 0.6 is 0 Å². The Hall–Kier alpha value is -1.63. The van der Waals surface area contributed by atoms with E-state index in [1.807, 2.05) is 6.20 Å². The maximum absolute atomic E-state index is 9.64. The first-order chi connectivity index (χ1) is 13.1. The van der Waals surface area contributed by atoms with Crippen LogP contribution in [0.1, 0.15) is 63.9 Å². The van der Waals surface area contributed by atoms with E-state index in [-0.39, 0.29) is 6.10 Å². The molecule has 3 aliphatic rings. The first-order valence-electron chi connectivity index (χ1n) is 10.5. The molecule has 6 heteroatoms. The molecule has 0 aromatic carbocycles. The van der Waals surface area contributed by atoms with Gasteiger partial charge in [0.2, 0.25) is 0 Å². The minimum atomic E-state index is -0.0676. The predicted octanol–water partition coefficient (Wildman–Crippen LogP) is 3.29. The molecule has 6 nitrogen and oxygen atoms in total. The number of nitrogens with one attached hydrogen (secondary N) is 2. The molecule has 0 saturated heterocycles. The van der Waals surface area contributed by atoms with Gasteiger partial charge >= 0.3 is 0 Å². The van der Waals surface area contributed by atoms with Gasteiger partial charge in [-0.05, 0) is 88.3 Å². The molecule has 0 spiro atoms. The van der Waals surface area contributed by atoms with Crippen LogP contribution in [0, 0.1) is 11.8 Å². The van der Waals surface area contributed by atoms with Crippen molar-refractivity contribution in [3.8, 4) is 0 Å². The largest absolute Gasteiger partial charge is 0.393 e. The Morgan fingerprint density at radius 1 is 1.22 bits per heavy atom. The van der Waals surface area contributed by atoms with Gasteiger partial charge in [0.25, 0.3) is 0 Å². The highest BCUT2D eigenvalue weighted by atomic mass is 16.3. The number of aromatic amines is 1. The van der Waals surface area contributed by atoms with Crippen LogP contribution in [0.5, 0.6) is 0 Å². The summed E-state index contributed by atoms with van der Waals surface area (Å²) < 4.78 is 0. The number of aliphatic imine (C=N–C) groups is 1. The summed E-state index contributed by atoms with van der Waals surface area (Å²) in [4.78, 5) is 7.54. The van der Waals surface area contributed by atoms with Crippen molar-refractivity contribution in [2.75, 3.05) is 6.54 Å². The molecule has 2 fully saturated rings. The summed E-state index contributed by atoms with van der Waals surface area (Å²) in [5.74, 6) is 8.49. The fraction of sp³-hybridized carbons (Fsp3) is 0.667. The van der Waals surface area contributed by atoms with Gasteiger partial charge in [-0.3, -0.25) is 5.01 Å². The van der Waals surface area contributed by atoms with Crippen molar-refractivity contribution in [3.63, 3.8) is 0 Å². The zero-order valence-electron chi connectivity index (χ0n) is 16.3. The number of nitrogens with two attached hydrogens (primary N) is 1. The van der Waals surface area contributed by atoms with Gasteiger partial charge in [-0.1, -0.05) is 0 Å². The third-order valence-corrected chi connectivity index (χ3v) is 6.77. The number of aromatic nitrogens is 1. The summed E-state index contributed by atoms with van der Waals surface area (Å²) >= 11 is 0. The minimum Gasteiger partial charge on any atom is -0.393 e. The molecule has 1 aliphatic heterocycles. The second kappa shape index (κ2) is 8.17. The van der Waals surface area contributed by atoms with Crippen LogP contribution in [0.4, 0.5) is 5.82 Å². The quantitative estimate of drug-likeness (QED) is 0.612. The highest BCUT2D eigenvalue weighted by molar-refractivity contribution is 5.86. The molecule has 2 aliphatic carbocycles. The normalized spacial score (nSPS) is 33.1. The zero-order valence-corrected chi connectivity index (χ0v) is 16.3. The summed E-state index contributed by atoms with van der Waals surface area (Å²) in [5, 5.41) is 15.1. The molecule has 2 saturated carbocycles. The van der Waals surface area contributed by atoms with E-state index in [4.69, 9.17) is 5.84 Å². The molecular weight excluding hydrogens is 338 g/mol. The number of aliphatic hydroxyl groups is 1. The Labute approximate surface area is 161 Å². The highest BCUT2D eigenvalue weighted by Gasteiger charge is 2.28. The summed E-state index contributed by atoms with van der Waals surface area (Å²) in [7, 11) is 0. The van der Waals surface area contributed by atoms with E-state index in [0.717, 1.165) is 55.2 Å². The van der Waals surface area contributed by atoms with E-state index in [0.29, 0.717) is 12.0 Å². The molecule has 0 unspecified atom stereocenters. The van der Waals surface area contributed by atoms with Crippen molar-refractivity contribution in [2.45, 2.75) is 70.4 Å². The number of fused-ring (bicyclic) bond motifs is 1. The number of hydrogen-bond acceptors (Lipinski definition) is 5. The van der Waals surface area contributed by atoms with Gasteiger partial charge in [-0.25, -0.2) is 10.8 Å². The third kappa shape index (κ3) is 4.13. The van der Waals surface area contributed by atoms with Gasteiger partial charge in [0, 0.05) is 17.8 Å². The first kappa shape index (κ1) is 18.7. The van der Waals surface area contributed by atoms with Gasteiger partial charge in [0.05, 0.1) is 11.8 Å². The van der Waals surface area contributed by atoms with Crippen LogP contribution in [0.25, 0.3) is 5.70 Å². The summed E-state index contributed by atoms with van der Waals surface area (Å²) in [6.45, 7) is 3.36. The van der Waals surface area contributed by atoms with Gasteiger partial charge in [-0.2, -0.15) is 0 Å². The Morgan fingerprint density at radius 2 is 1.96 bits per heavy atom. The maximum atomic E-state index is 9.64. The SMILES string of the molecule is C/C(=C1/c2cc[nH]c2N=CN1N)C1CCC(CNC2CCC(O)CC2)CC1. The lowest BCUT2D eigenvalue weighted by atomic mass is 9.77. The van der Waals surface area contributed by atoms with E-state index < -0.39 is 0 Å². The molecule has 5 N–H and O–H groups in total. The lowest BCUT2D eigenvalue weighted by molar-refractivity contribution is 0.115. The topological polar surface area (TPSA) is 89.7 Å². The van der Waals surface area contributed by atoms with Crippen molar-refractivity contribution in [1.29, 1.82) is 0 Å². The lowest BCUT2D eigenvalue weighted by Gasteiger charge is -2.34. The summed E-state index contributed by atoms with van der Waals surface area (Å²) in [6.07, 6.45) is 12.7. The number of aliphatic hydroxyl groups excluding tert-OH is 1. The van der Waals surface area contributed by atoms with Crippen molar-refractivity contribution >= 4 is 17.9 Å². The number of hydrazine groups is 1. The third-order valence-electron chi connectivity index (χ3n) is 6.77. The van der Waals surface area contributed by atoms with Crippen molar-refractivity contribution in [3.05, 3.63) is 23.4 Å². The Balaban J connectivity index is 1.32. The van der Waals surface area contributed by atoms with Crippen molar-refractivity contribution < 1.29 is 5.11 Å². The maximum Gasteiger partial charge on any atom is 0.141 e. The summed E-state index contributed by atoms with van der Waals surface area (Å²) in [5.41, 5.74) is 3.61. The number of rotatable bonds is 4. The van der Waals surface area contributed by atoms with E-state index in [9.17, 15) is 5.11 Å². The number of nitrogens with zero attached hydrogens (tertiary/aromatic N) is 2. The number of hydrogen-bond donors (Lipinski definition) is 4. The molecule has 148 valence electrons. The molecule has 0 bridgehead atoms. The monoisotopic (exact) mass is 371 g/mol. The van der Waals surface area contributed by atoms with Gasteiger partial charge in [0.1, 0.15) is 12.2 Å². The molecule has 0 atom stereocenters. The summed E-state index contributed by atoms with van der Waals surface area (Å²) in [6, 6.07) is 2.68. The molecule has 0 amide bonds. The molecular formula is C21H33N5O. The molecule has 0 radical (unpaired) electrons. The molecule has 27 heavy (non-hydrogen) atoms. The standard InChI is InChI=1S/C21H33N5O/c1-14(20-19-10-11-23-21(19)25-13-26(20)22)16-4-2-15(3-5-16)12-24-17-6-8-18(27)9-7-17/h10-11,13,15-18,23-24,27H,2-9,12,22H2,1H3/b20-14+. The van der Waals surface area contributed by atoms with Crippen LogP contribution in [-0.2, 0) is 0 Å². The molecule has 2 heterocycles. The molecule has 1 aromatic heterocycles. The Bertz CT molecular complexity index is 693. The van der Waals surface area contributed by atoms with Gasteiger partial charge < -0.3 is 15.4 Å². The molecule has 1 aromatic rings. The average molecular weight is 372 g/mol. The minimum absolute atomic E-state index is 0.0676. The van der Waals surface area contributed by atoms with E-state index in [1.165, 1.54) is 31.3 Å². The Kier molecular flexibility index (Phi) is 5.66. The predicted molar refractivity (Wildman–Crippen MR) is 109 cm³/mol. The van der Waals surface area contributed by atoms with E-state index in [2.05, 4.69) is 28.3 Å². The second-order valence-corrected chi connectivity index (χ2v) is 8.55. The zero-order chi connectivity index (χ0) is 18.8. The van der Waals surface area contributed by atoms with Crippen LogP contribution < -0.4 is 11.2 Å². The lowest BCUT2D eigenvalue weighted by Crippen LogP contribution is -2.38. The number of H-pyrrole nitrogens is 1. The number of allylic oxidation sites excluding steroid dienone is 1. The first-order valence-corrected chi connectivity index (χ1v) is 10.5. The van der Waals surface area contributed by atoms with Gasteiger partial charge in [0.15, 0.2) is 0 Å². The van der Waals surface area contributed by atoms with Crippen LogP contribution in [0.2, 0.25) is 0 Å². The second-order valence-electron chi connectivity index (χ2n) is 8.55. The van der Waals surface area contributed by atoms with Crippen LogP contribution in [0.15, 0.2) is 22.8 Å². The van der Waals surface area contributed by atoms with E-state index >= 15 is 0 Å².